The van der Waals surface area contributed by atoms with Gasteiger partial charge in [-0.25, -0.2) is 9.98 Å². The Balaban J connectivity index is 1.82. The number of nitrogens with zero attached hydrogens (tertiary/aromatic N) is 2. The van der Waals surface area contributed by atoms with Gasteiger partial charge in [-0.1, -0.05) is 12.2 Å². The summed E-state index contributed by atoms with van der Waals surface area (Å²) in [7, 11) is 0. The molecule has 1 aliphatic rings. The van der Waals surface area contributed by atoms with Crippen molar-refractivity contribution >= 4 is 5.96 Å². The van der Waals surface area contributed by atoms with Gasteiger partial charge in [0.1, 0.15) is 12.3 Å². The summed E-state index contributed by atoms with van der Waals surface area (Å²) in [5.41, 5.74) is 6.70. The van der Waals surface area contributed by atoms with Gasteiger partial charge in [-0.2, -0.15) is 0 Å². The van der Waals surface area contributed by atoms with Crippen LogP contribution >= 0.6 is 0 Å². The molecule has 1 aromatic rings. The van der Waals surface area contributed by atoms with Crippen molar-refractivity contribution in [3.63, 3.8) is 0 Å². The first-order valence-electron chi connectivity index (χ1n) is 5.78. The fraction of sp³-hybridized carbons (Fsp3) is 0.500. The van der Waals surface area contributed by atoms with Crippen LogP contribution in [0.4, 0.5) is 0 Å². The lowest BCUT2D eigenvalue weighted by Crippen LogP contribution is -2.32. The maximum Gasteiger partial charge on any atom is 0.197 e. The quantitative estimate of drug-likeness (QED) is 0.460. The van der Waals surface area contributed by atoms with E-state index in [0.717, 1.165) is 17.2 Å². The van der Waals surface area contributed by atoms with Crippen LogP contribution in [0.1, 0.15) is 37.3 Å². The molecule has 0 spiro atoms. The number of guanidine groups is 1. The second-order valence-electron chi connectivity index (χ2n) is 4.45. The highest BCUT2D eigenvalue weighted by Gasteiger charge is 2.28. The zero-order chi connectivity index (χ0) is 12.3. The Labute approximate surface area is 101 Å². The number of oxazole rings is 1. The average molecular weight is 234 g/mol. The Morgan fingerprint density at radius 1 is 1.71 bits per heavy atom. The topological polar surface area (TPSA) is 76.4 Å². The van der Waals surface area contributed by atoms with Crippen LogP contribution < -0.4 is 11.1 Å². The summed E-state index contributed by atoms with van der Waals surface area (Å²) in [5, 5.41) is 2.96. The molecule has 2 rings (SSSR count). The molecule has 0 saturated heterocycles. The minimum atomic E-state index is 0.400. The van der Waals surface area contributed by atoms with Gasteiger partial charge in [-0.15, -0.1) is 0 Å². The van der Waals surface area contributed by atoms with Gasteiger partial charge in [0.25, 0.3) is 0 Å². The SMILES string of the molecule is C=C(C)CNC(N)=NCc1cnc(C2CC2)o1. The number of nitrogens with two attached hydrogens (primary N) is 1. The fourth-order valence-electron chi connectivity index (χ4n) is 1.38. The Kier molecular flexibility index (Phi) is 3.46. The highest BCUT2D eigenvalue weighted by atomic mass is 16.4. The lowest BCUT2D eigenvalue weighted by molar-refractivity contribution is 0.458. The molecule has 1 fully saturated rings. The van der Waals surface area contributed by atoms with Gasteiger partial charge in [-0.05, 0) is 19.8 Å². The van der Waals surface area contributed by atoms with Crippen LogP contribution in [0.3, 0.4) is 0 Å². The van der Waals surface area contributed by atoms with Gasteiger partial charge >= 0.3 is 0 Å². The van der Waals surface area contributed by atoms with Crippen LogP contribution in [0.25, 0.3) is 0 Å². The van der Waals surface area contributed by atoms with E-state index in [2.05, 4.69) is 21.9 Å². The molecule has 0 aromatic carbocycles. The van der Waals surface area contributed by atoms with E-state index in [-0.39, 0.29) is 0 Å². The molecule has 17 heavy (non-hydrogen) atoms. The second-order valence-corrected chi connectivity index (χ2v) is 4.45. The standard InChI is InChI=1S/C12H18N4O/c1-8(2)5-15-12(13)16-7-10-6-14-11(17-10)9-3-4-9/h6,9H,1,3-5,7H2,2H3,(H3,13,15,16). The van der Waals surface area contributed by atoms with Gasteiger partial charge < -0.3 is 15.5 Å². The van der Waals surface area contributed by atoms with Crippen molar-refractivity contribution in [1.82, 2.24) is 10.3 Å². The van der Waals surface area contributed by atoms with E-state index in [1.54, 1.807) is 6.20 Å². The Hall–Kier alpha value is -1.78. The molecule has 1 heterocycles. The molecule has 1 aromatic heterocycles. The third-order valence-corrected chi connectivity index (χ3v) is 2.47. The number of aliphatic imine (C=N–C) groups is 1. The average Bonchev–Trinajstić information content (AvgIpc) is 3.04. The molecule has 0 bridgehead atoms. The number of hydrogen-bond acceptors (Lipinski definition) is 3. The molecule has 3 N–H and O–H groups in total. The molecule has 0 atom stereocenters. The van der Waals surface area contributed by atoms with Crippen molar-refractivity contribution in [2.75, 3.05) is 6.54 Å². The van der Waals surface area contributed by atoms with E-state index in [1.165, 1.54) is 12.8 Å². The van der Waals surface area contributed by atoms with E-state index in [1.807, 2.05) is 6.92 Å². The van der Waals surface area contributed by atoms with Crippen molar-refractivity contribution in [1.29, 1.82) is 0 Å². The number of aromatic nitrogens is 1. The lowest BCUT2D eigenvalue weighted by atomic mass is 10.3. The first kappa shape index (κ1) is 11.7. The maximum absolute atomic E-state index is 5.68. The van der Waals surface area contributed by atoms with Gasteiger partial charge in [0.2, 0.25) is 0 Å². The number of rotatable bonds is 5. The summed E-state index contributed by atoms with van der Waals surface area (Å²) < 4.78 is 5.56. The van der Waals surface area contributed by atoms with E-state index in [4.69, 9.17) is 10.2 Å². The van der Waals surface area contributed by atoms with E-state index < -0.39 is 0 Å². The molecule has 0 unspecified atom stereocenters. The van der Waals surface area contributed by atoms with Crippen molar-refractivity contribution < 1.29 is 4.42 Å². The molecule has 1 saturated carbocycles. The third-order valence-electron chi connectivity index (χ3n) is 2.47. The Morgan fingerprint density at radius 3 is 3.12 bits per heavy atom. The highest BCUT2D eigenvalue weighted by molar-refractivity contribution is 5.77. The second kappa shape index (κ2) is 5.03. The van der Waals surface area contributed by atoms with E-state index >= 15 is 0 Å². The largest absolute Gasteiger partial charge is 0.443 e. The molecule has 0 aliphatic heterocycles. The molecule has 0 amide bonds. The van der Waals surface area contributed by atoms with Crippen molar-refractivity contribution in [3.05, 3.63) is 30.0 Å². The fourth-order valence-corrected chi connectivity index (χ4v) is 1.38. The molecule has 92 valence electrons. The van der Waals surface area contributed by atoms with Crippen LogP contribution in [0.2, 0.25) is 0 Å². The van der Waals surface area contributed by atoms with Crippen LogP contribution in [-0.2, 0) is 6.54 Å². The van der Waals surface area contributed by atoms with Crippen LogP contribution in [0, 0.1) is 0 Å². The minimum Gasteiger partial charge on any atom is -0.443 e. The summed E-state index contributed by atoms with van der Waals surface area (Å²) in [6, 6.07) is 0. The minimum absolute atomic E-state index is 0.400. The predicted octanol–water partition coefficient (Wildman–Crippen LogP) is 1.53. The highest BCUT2D eigenvalue weighted by Crippen LogP contribution is 2.39. The molecule has 5 heteroatoms. The maximum atomic E-state index is 5.68. The van der Waals surface area contributed by atoms with Crippen molar-refractivity contribution in [3.8, 4) is 0 Å². The van der Waals surface area contributed by atoms with Crippen molar-refractivity contribution in [2.45, 2.75) is 32.2 Å². The molecular weight excluding hydrogens is 216 g/mol. The zero-order valence-corrected chi connectivity index (χ0v) is 10.1. The van der Waals surface area contributed by atoms with Crippen LogP contribution in [0.15, 0.2) is 27.8 Å². The van der Waals surface area contributed by atoms with Crippen molar-refractivity contribution in [2.24, 2.45) is 10.7 Å². The Morgan fingerprint density at radius 2 is 2.47 bits per heavy atom. The summed E-state index contributed by atoms with van der Waals surface area (Å²) in [6.45, 7) is 6.77. The number of hydrogen-bond donors (Lipinski definition) is 2. The van der Waals surface area contributed by atoms with E-state index in [9.17, 15) is 0 Å². The third kappa shape index (κ3) is 3.62. The van der Waals surface area contributed by atoms with Crippen LogP contribution in [-0.4, -0.2) is 17.5 Å². The number of nitrogens with one attached hydrogen (secondary N) is 1. The molecule has 5 nitrogen and oxygen atoms in total. The molecular formula is C12H18N4O. The summed E-state index contributed by atoms with van der Waals surface area (Å²) in [5.74, 6) is 2.53. The smallest absolute Gasteiger partial charge is 0.197 e. The normalized spacial score (nSPS) is 15.9. The van der Waals surface area contributed by atoms with Crippen LogP contribution in [0.5, 0.6) is 0 Å². The first-order chi connectivity index (χ1) is 8.15. The summed E-state index contributed by atoms with van der Waals surface area (Å²) >= 11 is 0. The first-order valence-corrected chi connectivity index (χ1v) is 5.78. The zero-order valence-electron chi connectivity index (χ0n) is 10.1. The molecule has 0 radical (unpaired) electrons. The van der Waals surface area contributed by atoms with Gasteiger partial charge in [0.15, 0.2) is 11.9 Å². The predicted molar refractivity (Wildman–Crippen MR) is 66.6 cm³/mol. The molecule has 1 aliphatic carbocycles. The summed E-state index contributed by atoms with van der Waals surface area (Å²) in [4.78, 5) is 8.39. The van der Waals surface area contributed by atoms with Gasteiger partial charge in [0.05, 0.1) is 6.20 Å². The van der Waals surface area contributed by atoms with Gasteiger partial charge in [-0.3, -0.25) is 0 Å². The van der Waals surface area contributed by atoms with Gasteiger partial charge in [0, 0.05) is 12.5 Å². The van der Waals surface area contributed by atoms with E-state index in [0.29, 0.717) is 25.0 Å². The summed E-state index contributed by atoms with van der Waals surface area (Å²) in [6.07, 6.45) is 4.10. The Bertz CT molecular complexity index is 431. The monoisotopic (exact) mass is 234 g/mol. The lowest BCUT2D eigenvalue weighted by Gasteiger charge is -2.03.